The summed E-state index contributed by atoms with van der Waals surface area (Å²) in [5.41, 5.74) is 0.897. The van der Waals surface area contributed by atoms with Crippen molar-refractivity contribution in [1.82, 2.24) is 9.88 Å². The van der Waals surface area contributed by atoms with Gasteiger partial charge in [0.1, 0.15) is 5.82 Å². The van der Waals surface area contributed by atoms with E-state index in [1.165, 1.54) is 6.20 Å². The number of halogens is 1. The summed E-state index contributed by atoms with van der Waals surface area (Å²) in [5.74, 6) is 0.0245. The maximum atomic E-state index is 13.0. The minimum Gasteiger partial charge on any atom is -0.310 e. The number of nitrogens with one attached hydrogen (secondary N) is 1. The van der Waals surface area contributed by atoms with Gasteiger partial charge in [-0.1, -0.05) is 34.5 Å². The SMILES string of the molecule is CN(C)CC=NC(=O)c1ccc(NC(=O)C2(c3ccc(Br)cc3)CCC2)nc1. The number of carbonyl (C=O) groups is 2. The number of anilines is 1. The van der Waals surface area contributed by atoms with E-state index in [-0.39, 0.29) is 11.8 Å². The predicted molar refractivity (Wildman–Crippen MR) is 114 cm³/mol. The maximum Gasteiger partial charge on any atom is 0.278 e. The van der Waals surface area contributed by atoms with E-state index in [4.69, 9.17) is 0 Å². The molecule has 28 heavy (non-hydrogen) atoms. The molecule has 0 bridgehead atoms. The molecule has 0 spiro atoms. The summed E-state index contributed by atoms with van der Waals surface area (Å²) in [6, 6.07) is 11.2. The van der Waals surface area contributed by atoms with Crippen LogP contribution in [0, 0.1) is 0 Å². The molecule has 1 aliphatic rings. The van der Waals surface area contributed by atoms with Crippen molar-refractivity contribution in [3.8, 4) is 0 Å². The average molecular weight is 443 g/mol. The molecule has 2 amide bonds. The van der Waals surface area contributed by atoms with E-state index < -0.39 is 5.41 Å². The van der Waals surface area contributed by atoms with Crippen molar-refractivity contribution in [1.29, 1.82) is 0 Å². The first-order chi connectivity index (χ1) is 13.4. The molecular weight excluding hydrogens is 420 g/mol. The van der Waals surface area contributed by atoms with Crippen LogP contribution in [-0.2, 0) is 10.2 Å². The fourth-order valence-corrected chi connectivity index (χ4v) is 3.40. The van der Waals surface area contributed by atoms with Gasteiger partial charge in [0.2, 0.25) is 5.91 Å². The monoisotopic (exact) mass is 442 g/mol. The summed E-state index contributed by atoms with van der Waals surface area (Å²) in [4.78, 5) is 35.0. The number of hydrogen-bond donors (Lipinski definition) is 1. The molecule has 0 saturated heterocycles. The molecule has 146 valence electrons. The lowest BCUT2D eigenvalue weighted by atomic mass is 9.64. The molecule has 7 heteroatoms. The molecule has 0 radical (unpaired) electrons. The Bertz CT molecular complexity index is 872. The standard InChI is InChI=1S/C21H23BrN4O2/c1-26(2)13-12-23-19(27)15-4-9-18(24-14-15)25-20(28)21(10-3-11-21)16-5-7-17(22)8-6-16/h4-9,12,14H,3,10-11,13H2,1-2H3,(H,24,25,28). The van der Waals surface area contributed by atoms with E-state index in [9.17, 15) is 9.59 Å². The van der Waals surface area contributed by atoms with Crippen LogP contribution in [0.3, 0.4) is 0 Å². The lowest BCUT2D eigenvalue weighted by Gasteiger charge is -2.40. The van der Waals surface area contributed by atoms with Gasteiger partial charge in [-0.25, -0.2) is 9.98 Å². The minimum absolute atomic E-state index is 0.0587. The number of hydrogen-bond acceptors (Lipinski definition) is 4. The Hall–Kier alpha value is -2.38. The summed E-state index contributed by atoms with van der Waals surface area (Å²) in [6.07, 6.45) is 5.67. The molecule has 1 aromatic carbocycles. The topological polar surface area (TPSA) is 74.7 Å². The summed E-state index contributed by atoms with van der Waals surface area (Å²) < 4.78 is 0.987. The summed E-state index contributed by atoms with van der Waals surface area (Å²) >= 11 is 3.43. The van der Waals surface area contributed by atoms with Crippen LogP contribution in [0.15, 0.2) is 52.1 Å². The fourth-order valence-electron chi connectivity index (χ4n) is 3.14. The molecule has 1 N–H and O–H groups in total. The van der Waals surface area contributed by atoms with Gasteiger partial charge in [0, 0.05) is 23.4 Å². The fraction of sp³-hybridized carbons (Fsp3) is 0.333. The van der Waals surface area contributed by atoms with Crippen molar-refractivity contribution in [3.63, 3.8) is 0 Å². The zero-order valence-electron chi connectivity index (χ0n) is 16.0. The van der Waals surface area contributed by atoms with Crippen LogP contribution in [0.25, 0.3) is 0 Å². The van der Waals surface area contributed by atoms with E-state index >= 15 is 0 Å². The molecule has 1 aliphatic carbocycles. The largest absolute Gasteiger partial charge is 0.310 e. The van der Waals surface area contributed by atoms with E-state index in [0.29, 0.717) is 17.9 Å². The third-order valence-electron chi connectivity index (χ3n) is 4.95. The molecule has 2 aromatic rings. The molecule has 1 saturated carbocycles. The molecule has 0 aliphatic heterocycles. The zero-order chi connectivity index (χ0) is 20.1. The first-order valence-corrected chi connectivity index (χ1v) is 9.95. The molecule has 1 fully saturated rings. The van der Waals surface area contributed by atoms with E-state index in [2.05, 4.69) is 31.2 Å². The molecule has 6 nitrogen and oxygen atoms in total. The lowest BCUT2D eigenvalue weighted by molar-refractivity contribution is -0.124. The normalized spacial score (nSPS) is 15.4. The van der Waals surface area contributed by atoms with Gasteiger partial charge in [-0.3, -0.25) is 9.59 Å². The Kier molecular flexibility index (Phi) is 6.36. The third kappa shape index (κ3) is 4.54. The van der Waals surface area contributed by atoms with Crippen LogP contribution in [0.2, 0.25) is 0 Å². The summed E-state index contributed by atoms with van der Waals surface area (Å²) in [5, 5.41) is 2.90. The van der Waals surface area contributed by atoms with Gasteiger partial charge < -0.3 is 10.2 Å². The highest BCUT2D eigenvalue weighted by atomic mass is 79.9. The first kappa shape index (κ1) is 20.4. The van der Waals surface area contributed by atoms with Gasteiger partial charge in [-0.05, 0) is 56.8 Å². The zero-order valence-corrected chi connectivity index (χ0v) is 17.6. The van der Waals surface area contributed by atoms with E-state index in [0.717, 1.165) is 29.3 Å². The van der Waals surface area contributed by atoms with Crippen LogP contribution >= 0.6 is 15.9 Å². The second-order valence-electron chi connectivity index (χ2n) is 7.21. The van der Waals surface area contributed by atoms with Crippen molar-refractivity contribution in [2.24, 2.45) is 4.99 Å². The second-order valence-corrected chi connectivity index (χ2v) is 8.12. The molecule has 1 aromatic heterocycles. The van der Waals surface area contributed by atoms with Gasteiger partial charge in [0.15, 0.2) is 0 Å². The van der Waals surface area contributed by atoms with Crippen LogP contribution in [0.1, 0.15) is 35.2 Å². The minimum atomic E-state index is -0.507. The van der Waals surface area contributed by atoms with Crippen molar-refractivity contribution < 1.29 is 9.59 Å². The van der Waals surface area contributed by atoms with Crippen LogP contribution in [0.4, 0.5) is 5.82 Å². The quantitative estimate of drug-likeness (QED) is 0.692. The van der Waals surface area contributed by atoms with E-state index in [1.807, 2.05) is 43.3 Å². The summed E-state index contributed by atoms with van der Waals surface area (Å²) in [7, 11) is 3.80. The number of nitrogens with zero attached hydrogens (tertiary/aromatic N) is 3. The van der Waals surface area contributed by atoms with Crippen molar-refractivity contribution in [2.75, 3.05) is 26.0 Å². The molecular formula is C21H23BrN4O2. The lowest BCUT2D eigenvalue weighted by Crippen LogP contribution is -2.46. The Morgan fingerprint density at radius 2 is 1.93 bits per heavy atom. The third-order valence-corrected chi connectivity index (χ3v) is 5.47. The Balaban J connectivity index is 1.68. The first-order valence-electron chi connectivity index (χ1n) is 9.16. The van der Waals surface area contributed by atoms with Gasteiger partial charge >= 0.3 is 0 Å². The molecule has 0 atom stereocenters. The Labute approximate surface area is 173 Å². The van der Waals surface area contributed by atoms with Gasteiger partial charge in [-0.15, -0.1) is 0 Å². The van der Waals surface area contributed by atoms with Crippen molar-refractivity contribution >= 4 is 39.8 Å². The van der Waals surface area contributed by atoms with Crippen molar-refractivity contribution in [2.45, 2.75) is 24.7 Å². The number of pyridine rings is 1. The number of benzene rings is 1. The Morgan fingerprint density at radius 3 is 2.46 bits per heavy atom. The molecule has 3 rings (SSSR count). The Morgan fingerprint density at radius 1 is 1.21 bits per heavy atom. The number of carbonyl (C=O) groups excluding carboxylic acids is 2. The molecule has 1 heterocycles. The number of rotatable bonds is 6. The highest BCUT2D eigenvalue weighted by Gasteiger charge is 2.45. The van der Waals surface area contributed by atoms with Gasteiger partial charge in [-0.2, -0.15) is 0 Å². The molecule has 0 unspecified atom stereocenters. The second kappa shape index (κ2) is 8.75. The predicted octanol–water partition coefficient (Wildman–Crippen LogP) is 3.68. The smallest absolute Gasteiger partial charge is 0.278 e. The van der Waals surface area contributed by atoms with Crippen LogP contribution < -0.4 is 5.32 Å². The van der Waals surface area contributed by atoms with E-state index in [1.54, 1.807) is 18.3 Å². The van der Waals surface area contributed by atoms with Gasteiger partial charge in [0.05, 0.1) is 11.0 Å². The highest BCUT2D eigenvalue weighted by Crippen LogP contribution is 2.44. The maximum absolute atomic E-state index is 13.0. The number of amides is 2. The van der Waals surface area contributed by atoms with Gasteiger partial charge in [0.25, 0.3) is 5.91 Å². The number of aromatic nitrogens is 1. The number of aliphatic imine (C=N–C) groups is 1. The van der Waals surface area contributed by atoms with Crippen molar-refractivity contribution in [3.05, 3.63) is 58.2 Å². The highest BCUT2D eigenvalue weighted by molar-refractivity contribution is 9.10. The average Bonchev–Trinajstić information content (AvgIpc) is 2.62. The van der Waals surface area contributed by atoms with Crippen LogP contribution in [-0.4, -0.2) is 48.6 Å². The summed E-state index contributed by atoms with van der Waals surface area (Å²) in [6.45, 7) is 0.589. The van der Waals surface area contributed by atoms with Crippen LogP contribution in [0.5, 0.6) is 0 Å².